The maximum Gasteiger partial charge on any atom is 0.234 e. The topological polar surface area (TPSA) is 83.6 Å². The highest BCUT2D eigenvalue weighted by Crippen LogP contribution is 2.24. The number of carbonyl (C=O) groups excluding carboxylic acids is 1. The first kappa shape index (κ1) is 13.7. The molecule has 0 aliphatic carbocycles. The largest absolute Gasteiger partial charge is 0.351 e. The van der Waals surface area contributed by atoms with E-state index in [2.05, 4.69) is 32.0 Å². The molecule has 0 aliphatic rings. The number of hydrogen-bond donors (Lipinski definition) is 2. The van der Waals surface area contributed by atoms with Crippen molar-refractivity contribution in [3.63, 3.8) is 0 Å². The van der Waals surface area contributed by atoms with Crippen molar-refractivity contribution in [1.82, 2.24) is 25.9 Å². The predicted octanol–water partition coefficient (Wildman–Crippen LogP) is 1.55. The second kappa shape index (κ2) is 5.48. The number of thiophene rings is 1. The van der Waals surface area contributed by atoms with E-state index < -0.39 is 5.41 Å². The van der Waals surface area contributed by atoms with Crippen molar-refractivity contribution >= 4 is 17.2 Å². The van der Waals surface area contributed by atoms with E-state index >= 15 is 0 Å². The summed E-state index contributed by atoms with van der Waals surface area (Å²) in [6, 6.07) is 2.07. The number of aromatic amines is 1. The molecule has 0 fully saturated rings. The fourth-order valence-electron chi connectivity index (χ4n) is 1.78. The molecule has 0 saturated carbocycles. The van der Waals surface area contributed by atoms with Gasteiger partial charge in [0.2, 0.25) is 5.91 Å². The highest BCUT2D eigenvalue weighted by Gasteiger charge is 2.37. The molecule has 102 valence electrons. The second-order valence-electron chi connectivity index (χ2n) is 4.67. The molecule has 1 atom stereocenters. The van der Waals surface area contributed by atoms with E-state index in [9.17, 15) is 4.79 Å². The van der Waals surface area contributed by atoms with Gasteiger partial charge in [-0.15, -0.1) is 21.5 Å². The van der Waals surface area contributed by atoms with Gasteiger partial charge in [-0.3, -0.25) is 4.79 Å². The average Bonchev–Trinajstić information content (AvgIpc) is 3.06. The highest BCUT2D eigenvalue weighted by atomic mass is 32.1. The molecule has 7 heteroatoms. The average molecular weight is 279 g/mol. The Morgan fingerprint density at radius 3 is 2.89 bits per heavy atom. The third kappa shape index (κ3) is 2.81. The third-order valence-corrected chi connectivity index (χ3v) is 4.20. The van der Waals surface area contributed by atoms with Gasteiger partial charge in [0.05, 0.1) is 0 Å². The Labute approximate surface area is 115 Å². The first-order valence-corrected chi connectivity index (χ1v) is 7.00. The number of carbonyl (C=O) groups is 1. The van der Waals surface area contributed by atoms with Crippen molar-refractivity contribution in [3.8, 4) is 0 Å². The van der Waals surface area contributed by atoms with Gasteiger partial charge in [0, 0.05) is 11.4 Å². The summed E-state index contributed by atoms with van der Waals surface area (Å²) in [5.41, 5.74) is 0.361. The summed E-state index contributed by atoms with van der Waals surface area (Å²) >= 11 is 1.68. The summed E-state index contributed by atoms with van der Waals surface area (Å²) in [6.45, 7) is 6.33. The minimum atomic E-state index is -0.752. The molecule has 0 saturated heterocycles. The Morgan fingerprint density at radius 2 is 2.37 bits per heavy atom. The van der Waals surface area contributed by atoms with Gasteiger partial charge in [-0.1, -0.05) is 12.1 Å². The number of hydrogen-bond acceptors (Lipinski definition) is 5. The molecule has 2 N–H and O–H groups in total. The van der Waals surface area contributed by atoms with E-state index in [1.807, 2.05) is 26.2 Å². The number of aryl methyl sites for hydroxylation is 1. The molecule has 0 radical (unpaired) electrons. The fraction of sp³-hybridized carbons (Fsp3) is 0.500. The number of nitrogens with one attached hydrogen (secondary N) is 2. The van der Waals surface area contributed by atoms with Crippen LogP contribution >= 0.6 is 11.3 Å². The van der Waals surface area contributed by atoms with Crippen molar-refractivity contribution in [3.05, 3.63) is 27.7 Å². The van der Waals surface area contributed by atoms with Crippen molar-refractivity contribution in [2.75, 3.05) is 0 Å². The van der Waals surface area contributed by atoms with Crippen LogP contribution in [0.2, 0.25) is 0 Å². The minimum Gasteiger partial charge on any atom is -0.351 e. The molecule has 0 spiro atoms. The van der Waals surface area contributed by atoms with Crippen molar-refractivity contribution in [1.29, 1.82) is 0 Å². The van der Waals surface area contributed by atoms with Crippen LogP contribution in [-0.2, 0) is 16.8 Å². The molecule has 1 amide bonds. The summed E-state index contributed by atoms with van der Waals surface area (Å²) in [5, 5.41) is 18.8. The Hall–Kier alpha value is -1.76. The van der Waals surface area contributed by atoms with Crippen LogP contribution in [0.15, 0.2) is 11.4 Å². The SMILES string of the molecule is CCC(C)(C(=O)NCc1csc(C)c1)c1nn[nH]n1. The van der Waals surface area contributed by atoms with Crippen LogP contribution in [0.4, 0.5) is 0 Å². The molecule has 19 heavy (non-hydrogen) atoms. The van der Waals surface area contributed by atoms with E-state index in [4.69, 9.17) is 0 Å². The Morgan fingerprint density at radius 1 is 1.58 bits per heavy atom. The highest BCUT2D eigenvalue weighted by molar-refractivity contribution is 7.10. The molecule has 2 aromatic heterocycles. The fourth-order valence-corrected chi connectivity index (χ4v) is 2.49. The lowest BCUT2D eigenvalue weighted by atomic mass is 9.85. The summed E-state index contributed by atoms with van der Waals surface area (Å²) in [6.07, 6.45) is 0.612. The Bertz CT molecular complexity index is 550. The van der Waals surface area contributed by atoms with E-state index in [0.29, 0.717) is 18.8 Å². The zero-order valence-corrected chi connectivity index (χ0v) is 12.0. The van der Waals surface area contributed by atoms with Gasteiger partial charge in [0.1, 0.15) is 5.41 Å². The molecular formula is C12H17N5OS. The standard InChI is InChI=1S/C12H17N5OS/c1-4-12(3,10-14-16-17-15-10)11(18)13-6-9-5-8(2)19-7-9/h5,7H,4,6H2,1-3H3,(H,13,18)(H,14,15,16,17). The van der Waals surface area contributed by atoms with Crippen LogP contribution < -0.4 is 5.32 Å². The molecule has 6 nitrogen and oxygen atoms in total. The lowest BCUT2D eigenvalue weighted by Gasteiger charge is -2.22. The molecule has 1 unspecified atom stereocenters. The number of tetrazole rings is 1. The summed E-state index contributed by atoms with van der Waals surface area (Å²) in [4.78, 5) is 13.6. The van der Waals surface area contributed by atoms with Crippen LogP contribution in [0.1, 0.15) is 36.5 Å². The Kier molecular flexibility index (Phi) is 3.94. The molecule has 2 aromatic rings. The van der Waals surface area contributed by atoms with Gasteiger partial charge in [0.25, 0.3) is 0 Å². The quantitative estimate of drug-likeness (QED) is 0.870. The van der Waals surface area contributed by atoms with Crippen molar-refractivity contribution < 1.29 is 4.79 Å². The first-order valence-electron chi connectivity index (χ1n) is 6.12. The minimum absolute atomic E-state index is 0.0831. The molecule has 0 bridgehead atoms. The normalized spacial score (nSPS) is 14.1. The maximum absolute atomic E-state index is 12.3. The van der Waals surface area contributed by atoms with Gasteiger partial charge in [-0.05, 0) is 37.3 Å². The van der Waals surface area contributed by atoms with Crippen molar-refractivity contribution in [2.24, 2.45) is 0 Å². The summed E-state index contributed by atoms with van der Waals surface area (Å²) < 4.78 is 0. The maximum atomic E-state index is 12.3. The molecule has 0 aromatic carbocycles. The number of amides is 1. The van der Waals surface area contributed by atoms with Crippen molar-refractivity contribution in [2.45, 2.75) is 39.2 Å². The monoisotopic (exact) mass is 279 g/mol. The number of rotatable bonds is 5. The van der Waals surface area contributed by atoms with E-state index in [1.165, 1.54) is 4.88 Å². The van der Waals surface area contributed by atoms with Crippen LogP contribution in [0.3, 0.4) is 0 Å². The first-order chi connectivity index (χ1) is 9.06. The third-order valence-electron chi connectivity index (χ3n) is 3.29. The lowest BCUT2D eigenvalue weighted by Crippen LogP contribution is -2.42. The zero-order chi connectivity index (χ0) is 13.9. The van der Waals surface area contributed by atoms with Gasteiger partial charge >= 0.3 is 0 Å². The van der Waals surface area contributed by atoms with Crippen LogP contribution in [0.5, 0.6) is 0 Å². The van der Waals surface area contributed by atoms with Gasteiger partial charge in [-0.25, -0.2) is 0 Å². The smallest absolute Gasteiger partial charge is 0.234 e. The van der Waals surface area contributed by atoms with Gasteiger partial charge in [0.15, 0.2) is 5.82 Å². The van der Waals surface area contributed by atoms with Crippen LogP contribution in [0.25, 0.3) is 0 Å². The Balaban J connectivity index is 2.05. The van der Waals surface area contributed by atoms with Gasteiger partial charge in [-0.2, -0.15) is 5.21 Å². The van der Waals surface area contributed by atoms with E-state index in [-0.39, 0.29) is 5.91 Å². The molecule has 0 aliphatic heterocycles. The summed E-state index contributed by atoms with van der Waals surface area (Å²) in [7, 11) is 0. The molecular weight excluding hydrogens is 262 g/mol. The van der Waals surface area contributed by atoms with Crippen LogP contribution in [-0.4, -0.2) is 26.5 Å². The predicted molar refractivity (Wildman–Crippen MR) is 72.7 cm³/mol. The van der Waals surface area contributed by atoms with E-state index in [0.717, 1.165) is 5.56 Å². The van der Waals surface area contributed by atoms with Crippen LogP contribution in [0, 0.1) is 6.92 Å². The zero-order valence-electron chi connectivity index (χ0n) is 11.2. The lowest BCUT2D eigenvalue weighted by molar-refractivity contribution is -0.126. The van der Waals surface area contributed by atoms with E-state index in [1.54, 1.807) is 11.3 Å². The molecule has 2 heterocycles. The molecule has 2 rings (SSSR count). The van der Waals surface area contributed by atoms with Gasteiger partial charge < -0.3 is 5.32 Å². The number of H-pyrrole nitrogens is 1. The number of nitrogens with zero attached hydrogens (tertiary/aromatic N) is 3. The number of aromatic nitrogens is 4. The second-order valence-corrected chi connectivity index (χ2v) is 5.78. The summed E-state index contributed by atoms with van der Waals surface area (Å²) in [5.74, 6) is 0.342.